The van der Waals surface area contributed by atoms with Crippen molar-refractivity contribution in [3.63, 3.8) is 0 Å². The van der Waals surface area contributed by atoms with Gasteiger partial charge in [0.15, 0.2) is 0 Å². The summed E-state index contributed by atoms with van der Waals surface area (Å²) in [6, 6.07) is 13.1. The Morgan fingerprint density at radius 2 is 1.61 bits per heavy atom. The summed E-state index contributed by atoms with van der Waals surface area (Å²) in [4.78, 5) is 22.5. The Balaban J connectivity index is 1.95. The van der Waals surface area contributed by atoms with E-state index in [2.05, 4.69) is 26.6 Å². The van der Waals surface area contributed by atoms with Crippen molar-refractivity contribution in [2.45, 2.75) is 18.2 Å². The van der Waals surface area contributed by atoms with Gasteiger partial charge in [0.2, 0.25) is 11.8 Å². The highest BCUT2D eigenvalue weighted by atomic mass is 79.9. The largest absolute Gasteiger partial charge is 0.326 e. The number of rotatable bonds is 5. The van der Waals surface area contributed by atoms with Crippen LogP contribution in [0.15, 0.2) is 48.5 Å². The molecule has 6 heteroatoms. The van der Waals surface area contributed by atoms with E-state index in [0.29, 0.717) is 16.9 Å². The molecular formula is C17H16BrFN2O2. The standard InChI is InChI=1S/C17H16BrFN2O2/c1-11(22)20-13-6-8-14(9-7-13)21-17(23)15(18)10-12-4-2-3-5-16(12)19/h2-9,15H,10H2,1H3,(H,20,22)(H,21,23). The van der Waals surface area contributed by atoms with Gasteiger partial charge in [-0.1, -0.05) is 34.1 Å². The Morgan fingerprint density at radius 1 is 1.04 bits per heavy atom. The highest BCUT2D eigenvalue weighted by Gasteiger charge is 2.17. The minimum atomic E-state index is -0.547. The molecule has 120 valence electrons. The van der Waals surface area contributed by atoms with Crippen molar-refractivity contribution >= 4 is 39.1 Å². The van der Waals surface area contributed by atoms with Crippen LogP contribution in [0.2, 0.25) is 0 Å². The van der Waals surface area contributed by atoms with Gasteiger partial charge in [0.1, 0.15) is 5.82 Å². The normalized spacial score (nSPS) is 11.6. The molecule has 2 N–H and O–H groups in total. The third-order valence-corrected chi connectivity index (χ3v) is 3.85. The van der Waals surface area contributed by atoms with Crippen LogP contribution >= 0.6 is 15.9 Å². The first-order valence-corrected chi connectivity index (χ1v) is 7.93. The van der Waals surface area contributed by atoms with E-state index in [9.17, 15) is 14.0 Å². The fourth-order valence-electron chi connectivity index (χ4n) is 2.01. The van der Waals surface area contributed by atoms with E-state index in [1.807, 2.05) is 0 Å². The molecule has 2 aromatic rings. The average molecular weight is 379 g/mol. The second-order valence-electron chi connectivity index (χ2n) is 5.01. The zero-order valence-electron chi connectivity index (χ0n) is 12.5. The molecule has 1 unspecified atom stereocenters. The van der Waals surface area contributed by atoms with Crippen molar-refractivity contribution in [1.82, 2.24) is 0 Å². The molecule has 2 amide bonds. The first-order chi connectivity index (χ1) is 11.0. The number of carbonyl (C=O) groups is 2. The van der Waals surface area contributed by atoms with Crippen molar-refractivity contribution in [1.29, 1.82) is 0 Å². The van der Waals surface area contributed by atoms with Gasteiger partial charge in [0.05, 0.1) is 4.83 Å². The topological polar surface area (TPSA) is 58.2 Å². The zero-order chi connectivity index (χ0) is 16.8. The summed E-state index contributed by atoms with van der Waals surface area (Å²) in [5, 5.41) is 5.39. The maximum absolute atomic E-state index is 13.6. The minimum absolute atomic E-state index is 0.160. The lowest BCUT2D eigenvalue weighted by atomic mass is 10.1. The monoisotopic (exact) mass is 378 g/mol. The number of nitrogens with one attached hydrogen (secondary N) is 2. The summed E-state index contributed by atoms with van der Waals surface area (Å²) < 4.78 is 13.6. The first kappa shape index (κ1) is 17.1. The van der Waals surface area contributed by atoms with Gasteiger partial charge < -0.3 is 10.6 Å². The summed E-state index contributed by atoms with van der Waals surface area (Å²) in [6.07, 6.45) is 0.252. The van der Waals surface area contributed by atoms with E-state index in [-0.39, 0.29) is 24.1 Å². The van der Waals surface area contributed by atoms with Gasteiger partial charge in [0.25, 0.3) is 0 Å². The van der Waals surface area contributed by atoms with Crippen LogP contribution in [-0.2, 0) is 16.0 Å². The smallest absolute Gasteiger partial charge is 0.238 e. The van der Waals surface area contributed by atoms with Gasteiger partial charge in [-0.25, -0.2) is 4.39 Å². The molecule has 2 aromatic carbocycles. The van der Waals surface area contributed by atoms with Crippen LogP contribution in [0.3, 0.4) is 0 Å². The number of alkyl halides is 1. The van der Waals surface area contributed by atoms with E-state index in [4.69, 9.17) is 0 Å². The quantitative estimate of drug-likeness (QED) is 0.778. The number of amides is 2. The highest BCUT2D eigenvalue weighted by Crippen LogP contribution is 2.17. The van der Waals surface area contributed by atoms with Gasteiger partial charge in [-0.3, -0.25) is 9.59 Å². The van der Waals surface area contributed by atoms with Gasteiger partial charge in [-0.05, 0) is 42.3 Å². The molecule has 0 aliphatic carbocycles. The lowest BCUT2D eigenvalue weighted by Gasteiger charge is -2.12. The fraction of sp³-hybridized carbons (Fsp3) is 0.176. The fourth-order valence-corrected chi connectivity index (χ4v) is 2.47. The molecule has 0 spiro atoms. The molecule has 0 saturated carbocycles. The molecule has 23 heavy (non-hydrogen) atoms. The lowest BCUT2D eigenvalue weighted by molar-refractivity contribution is -0.116. The summed E-state index contributed by atoms with van der Waals surface area (Å²) in [5.74, 6) is -0.753. The van der Waals surface area contributed by atoms with Gasteiger partial charge in [-0.2, -0.15) is 0 Å². The van der Waals surface area contributed by atoms with Crippen molar-refractivity contribution in [2.24, 2.45) is 0 Å². The second kappa shape index (κ2) is 7.87. The molecular weight excluding hydrogens is 363 g/mol. The Kier molecular flexibility index (Phi) is 5.87. The van der Waals surface area contributed by atoms with E-state index < -0.39 is 4.83 Å². The van der Waals surface area contributed by atoms with Gasteiger partial charge in [-0.15, -0.1) is 0 Å². The number of hydrogen-bond acceptors (Lipinski definition) is 2. The van der Waals surface area contributed by atoms with E-state index in [1.165, 1.54) is 13.0 Å². The molecule has 4 nitrogen and oxygen atoms in total. The molecule has 0 radical (unpaired) electrons. The molecule has 0 aliphatic heterocycles. The van der Waals surface area contributed by atoms with Crippen LogP contribution < -0.4 is 10.6 Å². The predicted molar refractivity (Wildman–Crippen MR) is 92.2 cm³/mol. The number of halogens is 2. The Hall–Kier alpha value is -2.21. The first-order valence-electron chi connectivity index (χ1n) is 7.01. The third kappa shape index (κ3) is 5.17. The van der Waals surface area contributed by atoms with Crippen LogP contribution in [-0.4, -0.2) is 16.6 Å². The highest BCUT2D eigenvalue weighted by molar-refractivity contribution is 9.10. The molecule has 0 bridgehead atoms. The van der Waals surface area contributed by atoms with E-state index in [1.54, 1.807) is 42.5 Å². The minimum Gasteiger partial charge on any atom is -0.326 e. The van der Waals surface area contributed by atoms with Crippen molar-refractivity contribution in [3.05, 3.63) is 59.9 Å². The Morgan fingerprint density at radius 3 is 2.17 bits per heavy atom. The predicted octanol–water partition coefficient (Wildman–Crippen LogP) is 3.73. The van der Waals surface area contributed by atoms with Gasteiger partial charge >= 0.3 is 0 Å². The molecule has 0 saturated heterocycles. The lowest BCUT2D eigenvalue weighted by Crippen LogP contribution is -2.25. The molecule has 0 heterocycles. The summed E-state index contributed by atoms with van der Waals surface area (Å²) >= 11 is 3.28. The number of hydrogen-bond donors (Lipinski definition) is 2. The second-order valence-corrected chi connectivity index (χ2v) is 6.12. The van der Waals surface area contributed by atoms with Crippen molar-refractivity contribution < 1.29 is 14.0 Å². The van der Waals surface area contributed by atoms with Gasteiger partial charge in [0, 0.05) is 18.3 Å². The molecule has 0 aliphatic rings. The van der Waals surface area contributed by atoms with E-state index >= 15 is 0 Å². The SMILES string of the molecule is CC(=O)Nc1ccc(NC(=O)C(Br)Cc2ccccc2F)cc1. The average Bonchev–Trinajstić information content (AvgIpc) is 2.51. The van der Waals surface area contributed by atoms with Crippen LogP contribution in [0.5, 0.6) is 0 Å². The van der Waals surface area contributed by atoms with Crippen LogP contribution in [0.4, 0.5) is 15.8 Å². The maximum Gasteiger partial charge on any atom is 0.238 e. The van der Waals surface area contributed by atoms with Crippen molar-refractivity contribution in [3.8, 4) is 0 Å². The van der Waals surface area contributed by atoms with Crippen LogP contribution in [0.1, 0.15) is 12.5 Å². The maximum atomic E-state index is 13.6. The summed E-state index contributed by atoms with van der Waals surface area (Å²) in [7, 11) is 0. The number of anilines is 2. The molecule has 1 atom stereocenters. The number of benzene rings is 2. The molecule has 0 fully saturated rings. The summed E-state index contributed by atoms with van der Waals surface area (Å²) in [6.45, 7) is 1.42. The Bertz CT molecular complexity index is 704. The van der Waals surface area contributed by atoms with E-state index in [0.717, 1.165) is 0 Å². The van der Waals surface area contributed by atoms with Crippen LogP contribution in [0, 0.1) is 5.82 Å². The summed E-state index contributed by atoms with van der Waals surface area (Å²) in [5.41, 5.74) is 1.73. The third-order valence-electron chi connectivity index (χ3n) is 3.11. The zero-order valence-corrected chi connectivity index (χ0v) is 14.1. The van der Waals surface area contributed by atoms with Crippen molar-refractivity contribution in [2.75, 3.05) is 10.6 Å². The number of carbonyl (C=O) groups excluding carboxylic acids is 2. The van der Waals surface area contributed by atoms with Crippen LogP contribution in [0.25, 0.3) is 0 Å². The molecule has 0 aromatic heterocycles. The molecule has 2 rings (SSSR count). The Labute approximate surface area is 142 Å².